The van der Waals surface area contributed by atoms with E-state index >= 15 is 0 Å². The predicted molar refractivity (Wildman–Crippen MR) is 309 cm³/mol. The molecule has 9 aromatic rings. The normalized spacial score (nSPS) is 12.5. The first-order valence-electron chi connectivity index (χ1n) is 26.1. The average Bonchev–Trinajstić information content (AvgIpc) is 4.07. The fraction of sp³-hybridized carbons (Fsp3) is 0.213. The summed E-state index contributed by atoms with van der Waals surface area (Å²) in [7, 11) is 0. The number of nitrogens with one attached hydrogen (secondary N) is 9. The van der Waals surface area contributed by atoms with E-state index in [1.54, 1.807) is 36.4 Å². The van der Waals surface area contributed by atoms with Crippen LogP contribution in [0.25, 0.3) is 32.7 Å². The number of amides is 6. The summed E-state index contributed by atoms with van der Waals surface area (Å²) in [6.07, 6.45) is 0.193. The predicted octanol–water partition coefficient (Wildman–Crippen LogP) is 6.11. The molecule has 0 aliphatic rings. The zero-order valence-corrected chi connectivity index (χ0v) is 44.1. The van der Waals surface area contributed by atoms with Crippen molar-refractivity contribution in [2.24, 2.45) is 17.2 Å². The maximum atomic E-state index is 13.6. The molecule has 0 unspecified atom stereocenters. The van der Waals surface area contributed by atoms with Gasteiger partial charge < -0.3 is 64.1 Å². The first-order chi connectivity index (χ1) is 38.2. The third kappa shape index (κ3) is 12.6. The van der Waals surface area contributed by atoms with Crippen LogP contribution in [0.3, 0.4) is 0 Å². The Labute approximate surface area is 456 Å². The smallest absolute Gasteiger partial charge is 0.248 e. The molecule has 3 heterocycles. The minimum absolute atomic E-state index is 0.0645. The van der Waals surface area contributed by atoms with Crippen LogP contribution >= 0.6 is 0 Å². The third-order valence-corrected chi connectivity index (χ3v) is 14.3. The number of aryl methyl sites for hydroxylation is 3. The summed E-state index contributed by atoms with van der Waals surface area (Å²) in [6, 6.07) is 42.0. The van der Waals surface area contributed by atoms with Crippen LogP contribution in [0.1, 0.15) is 56.4 Å². The van der Waals surface area contributed by atoms with Gasteiger partial charge >= 0.3 is 0 Å². The molecule has 15 N–H and O–H groups in total. The molecule has 0 radical (unpaired) electrons. The highest BCUT2D eigenvalue weighted by atomic mass is 16.2. The number of rotatable bonds is 21. The van der Waals surface area contributed by atoms with Gasteiger partial charge in [-0.1, -0.05) is 91.0 Å². The molecule has 3 aromatic heterocycles. The van der Waals surface area contributed by atoms with Crippen molar-refractivity contribution in [1.82, 2.24) is 30.9 Å². The Morgan fingerprint density at radius 1 is 0.380 bits per heavy atom. The van der Waals surface area contributed by atoms with Crippen molar-refractivity contribution in [3.8, 4) is 0 Å². The molecule has 79 heavy (non-hydrogen) atoms. The lowest BCUT2D eigenvalue weighted by Crippen LogP contribution is -2.48. The highest BCUT2D eigenvalue weighted by Gasteiger charge is 2.26. The number of hydrogen-bond donors (Lipinski definition) is 12. The van der Waals surface area contributed by atoms with Gasteiger partial charge in [-0.2, -0.15) is 0 Å². The Kier molecular flexibility index (Phi) is 16.8. The number of anilines is 3. The lowest BCUT2D eigenvalue weighted by Gasteiger charge is -2.22. The van der Waals surface area contributed by atoms with E-state index in [1.165, 1.54) is 0 Å². The molecule has 3 atom stereocenters. The van der Waals surface area contributed by atoms with Crippen LogP contribution in [0.15, 0.2) is 146 Å². The summed E-state index contributed by atoms with van der Waals surface area (Å²) >= 11 is 0. The first-order valence-corrected chi connectivity index (χ1v) is 26.1. The fourth-order valence-electron chi connectivity index (χ4n) is 10.1. The summed E-state index contributed by atoms with van der Waals surface area (Å²) in [6.45, 7) is 5.34. The Balaban J connectivity index is 0.893. The summed E-state index contributed by atoms with van der Waals surface area (Å²) in [5.41, 5.74) is 29.9. The number of hydrogen-bond acceptors (Lipinski definition) is 9. The lowest BCUT2D eigenvalue weighted by molar-refractivity contribution is -0.125. The van der Waals surface area contributed by atoms with Crippen molar-refractivity contribution in [3.63, 3.8) is 0 Å². The zero-order chi connectivity index (χ0) is 55.7. The monoisotopic (exact) mass is 1060 g/mol. The number of benzene rings is 6. The molecule has 0 bridgehead atoms. The minimum atomic E-state index is -1.000. The molecule has 0 saturated carbocycles. The Morgan fingerprint density at radius 3 is 0.886 bits per heavy atom. The minimum Gasteiger partial charge on any atom is -0.358 e. The van der Waals surface area contributed by atoms with E-state index in [4.69, 9.17) is 17.2 Å². The van der Waals surface area contributed by atoms with Crippen LogP contribution in [0, 0.1) is 20.8 Å². The van der Waals surface area contributed by atoms with Crippen LogP contribution in [0.2, 0.25) is 0 Å². The number of H-pyrrole nitrogens is 3. The number of nitrogens with two attached hydrogens (primary N) is 3. The van der Waals surface area contributed by atoms with Gasteiger partial charge in [-0.3, -0.25) is 28.8 Å². The van der Waals surface area contributed by atoms with E-state index in [2.05, 4.69) is 46.9 Å². The first kappa shape index (κ1) is 54.4. The topological polar surface area (TPSA) is 300 Å². The highest BCUT2D eigenvalue weighted by Crippen LogP contribution is 2.34. The third-order valence-electron chi connectivity index (χ3n) is 14.3. The fourth-order valence-corrected chi connectivity index (χ4v) is 10.1. The van der Waals surface area contributed by atoms with Crippen LogP contribution in [0.4, 0.5) is 17.1 Å². The van der Waals surface area contributed by atoms with Crippen molar-refractivity contribution in [3.05, 3.63) is 196 Å². The van der Waals surface area contributed by atoms with Gasteiger partial charge in [-0.15, -0.1) is 0 Å². The molecule has 6 aromatic carbocycles. The number of aromatic amines is 3. The molecule has 0 spiro atoms. The van der Waals surface area contributed by atoms with Crippen molar-refractivity contribution >= 4 is 85.2 Å². The second kappa shape index (κ2) is 24.3. The van der Waals surface area contributed by atoms with Gasteiger partial charge in [0.15, 0.2) is 0 Å². The van der Waals surface area contributed by atoms with Crippen LogP contribution in [0.5, 0.6) is 0 Å². The van der Waals surface area contributed by atoms with Crippen LogP contribution < -0.4 is 49.1 Å². The van der Waals surface area contributed by atoms with E-state index in [1.807, 2.05) is 130 Å². The molecular formula is C61H64N12O6. The Bertz CT molecular complexity index is 3310. The molecule has 18 heteroatoms. The lowest BCUT2D eigenvalue weighted by atomic mass is 9.85. The molecule has 404 valence electrons. The maximum Gasteiger partial charge on any atom is 0.248 e. The van der Waals surface area contributed by atoms with Crippen molar-refractivity contribution in [2.75, 3.05) is 35.6 Å². The second-order valence-corrected chi connectivity index (χ2v) is 19.7. The van der Waals surface area contributed by atoms with E-state index < -0.39 is 41.8 Å². The van der Waals surface area contributed by atoms with E-state index in [9.17, 15) is 28.8 Å². The number of para-hydroxylation sites is 3. The second-order valence-electron chi connectivity index (χ2n) is 19.7. The largest absolute Gasteiger partial charge is 0.358 e. The van der Waals surface area contributed by atoms with Gasteiger partial charge in [0.25, 0.3) is 0 Å². The summed E-state index contributed by atoms with van der Waals surface area (Å²) in [5.74, 6) is -2.87. The van der Waals surface area contributed by atoms with Gasteiger partial charge in [0, 0.05) is 92.4 Å². The van der Waals surface area contributed by atoms with Gasteiger partial charge in [0.2, 0.25) is 35.4 Å². The molecule has 0 fully saturated rings. The van der Waals surface area contributed by atoms with Gasteiger partial charge in [0.05, 0.1) is 19.3 Å². The zero-order valence-electron chi connectivity index (χ0n) is 44.1. The molecule has 0 aliphatic carbocycles. The standard InChI is InChI=1S/C61H64N12O6/c1-34-46(43-10-4-7-13-49(43)65-34)28-55(74)71-52(31-62)59(77)68-40-22-16-37(17-23-40)58(38-18-24-41(25-19-38)69-60(78)53(32-63)72-56(75)29-47-35(2)66-50-14-8-5-11-44(47)50)39-20-26-42(27-21-39)70-61(79)54(33-64)73-57(76)30-48-36(3)67-51-15-9-6-12-45(48)51/h4-27,52-54,58,65-67H,28-33,62-64H2,1-3H3,(H,68,77)(H,69,78)(H,70,79)(H,71,74)(H,72,75)(H,73,76)/t52-,53-,54-/m0/s1. The quantitative estimate of drug-likeness (QED) is 0.0369. The summed E-state index contributed by atoms with van der Waals surface area (Å²) in [4.78, 5) is 90.4. The van der Waals surface area contributed by atoms with Crippen molar-refractivity contribution in [1.29, 1.82) is 0 Å². The van der Waals surface area contributed by atoms with Crippen LogP contribution in [-0.2, 0) is 48.0 Å². The molecule has 0 aliphatic heterocycles. The van der Waals surface area contributed by atoms with E-state index in [0.29, 0.717) is 17.1 Å². The number of fused-ring (bicyclic) bond motifs is 3. The molecule has 9 rings (SSSR count). The molecule has 18 nitrogen and oxygen atoms in total. The average molecular weight is 1060 g/mol. The summed E-state index contributed by atoms with van der Waals surface area (Å²) in [5, 5.41) is 19.9. The number of aromatic nitrogens is 3. The van der Waals surface area contributed by atoms with E-state index in [0.717, 1.165) is 83.2 Å². The highest BCUT2D eigenvalue weighted by molar-refractivity contribution is 6.01. The Hall–Kier alpha value is -9.36. The SMILES string of the molecule is Cc1[nH]c2ccccc2c1CC(=O)N[C@@H](CN)C(=O)Nc1ccc(C(c2ccc(NC(=O)[C@H](CN)NC(=O)Cc3c(C)[nH]c4ccccc34)cc2)c2ccc(NC(=O)[C@H](CN)NC(=O)Cc3c(C)[nH]c4ccccc34)cc2)cc1. The van der Waals surface area contributed by atoms with Crippen LogP contribution in [-0.4, -0.2) is 88.2 Å². The maximum absolute atomic E-state index is 13.6. The summed E-state index contributed by atoms with van der Waals surface area (Å²) < 4.78 is 0. The Morgan fingerprint density at radius 2 is 0.633 bits per heavy atom. The van der Waals surface area contributed by atoms with Crippen molar-refractivity contribution < 1.29 is 28.8 Å². The molecule has 0 saturated heterocycles. The number of carbonyl (C=O) groups is 6. The van der Waals surface area contributed by atoms with Gasteiger partial charge in [-0.05, 0) is 109 Å². The molecular weight excluding hydrogens is 997 g/mol. The van der Waals surface area contributed by atoms with Gasteiger partial charge in [0.1, 0.15) is 18.1 Å². The van der Waals surface area contributed by atoms with E-state index in [-0.39, 0.29) is 56.6 Å². The number of carbonyl (C=O) groups excluding carboxylic acids is 6. The van der Waals surface area contributed by atoms with Gasteiger partial charge in [-0.25, -0.2) is 0 Å². The van der Waals surface area contributed by atoms with Crippen molar-refractivity contribution in [2.45, 2.75) is 64.1 Å². The molecule has 6 amide bonds.